The predicted molar refractivity (Wildman–Crippen MR) is 59.5 cm³/mol. The fraction of sp³-hybridized carbons (Fsp3) is 0.455. The second-order valence-electron chi connectivity index (χ2n) is 3.44. The third-order valence-corrected chi connectivity index (χ3v) is 2.79. The molecule has 1 aromatic carbocycles. The average Bonchev–Trinajstić information content (AvgIpc) is 2.75. The van der Waals surface area contributed by atoms with Gasteiger partial charge < -0.3 is 19.3 Å². The minimum atomic E-state index is 0.134. The molecule has 2 rings (SSSR count). The van der Waals surface area contributed by atoms with E-state index in [-0.39, 0.29) is 13.4 Å². The number of aliphatic hydroxyl groups excluding tert-OH is 1. The average molecular weight is 245 g/mol. The van der Waals surface area contributed by atoms with Crippen LogP contribution < -0.4 is 14.2 Å². The van der Waals surface area contributed by atoms with E-state index in [4.69, 9.17) is 30.9 Å². The van der Waals surface area contributed by atoms with Crippen LogP contribution in [0.15, 0.2) is 6.07 Å². The molecule has 0 bridgehead atoms. The first-order valence-corrected chi connectivity index (χ1v) is 5.41. The lowest BCUT2D eigenvalue weighted by molar-refractivity contribution is 0.174. The van der Waals surface area contributed by atoms with Gasteiger partial charge in [0, 0.05) is 6.61 Å². The number of ether oxygens (including phenoxy) is 3. The summed E-state index contributed by atoms with van der Waals surface area (Å²) in [6, 6.07) is 1.85. The second kappa shape index (κ2) is 4.80. The van der Waals surface area contributed by atoms with Gasteiger partial charge in [-0.25, -0.2) is 0 Å². The van der Waals surface area contributed by atoms with Gasteiger partial charge in [-0.1, -0.05) is 11.6 Å². The molecule has 0 atom stereocenters. The Morgan fingerprint density at radius 3 is 3.00 bits per heavy atom. The summed E-state index contributed by atoms with van der Waals surface area (Å²) >= 11 is 6.15. The molecule has 16 heavy (non-hydrogen) atoms. The van der Waals surface area contributed by atoms with Gasteiger partial charge in [0.2, 0.25) is 6.79 Å². The molecule has 1 heterocycles. The van der Waals surface area contributed by atoms with Crippen LogP contribution in [0.2, 0.25) is 5.02 Å². The Bertz CT molecular complexity index is 392. The number of halogens is 1. The van der Waals surface area contributed by atoms with Gasteiger partial charge in [-0.15, -0.1) is 0 Å². The molecular weight excluding hydrogens is 232 g/mol. The topological polar surface area (TPSA) is 47.9 Å². The molecule has 0 aromatic heterocycles. The van der Waals surface area contributed by atoms with Crippen molar-refractivity contribution in [2.24, 2.45) is 0 Å². The Kier molecular flexibility index (Phi) is 3.41. The van der Waals surface area contributed by atoms with E-state index < -0.39 is 0 Å². The molecule has 0 saturated heterocycles. The Labute approximate surface area is 98.7 Å². The van der Waals surface area contributed by atoms with E-state index in [1.165, 1.54) is 0 Å². The highest BCUT2D eigenvalue weighted by Gasteiger charge is 2.23. The number of fused-ring (bicyclic) bond motifs is 1. The number of hydrogen-bond acceptors (Lipinski definition) is 4. The quantitative estimate of drug-likeness (QED) is 0.880. The molecule has 1 aliphatic heterocycles. The third kappa shape index (κ3) is 1.90. The molecule has 0 fully saturated rings. The molecule has 1 aliphatic rings. The van der Waals surface area contributed by atoms with E-state index in [0.29, 0.717) is 35.1 Å². The molecular formula is C11H13ClO4. The van der Waals surface area contributed by atoms with Crippen molar-refractivity contribution >= 4 is 11.6 Å². The minimum Gasteiger partial charge on any atom is -0.495 e. The molecule has 1 aromatic rings. The zero-order chi connectivity index (χ0) is 11.5. The third-order valence-electron chi connectivity index (χ3n) is 2.45. The summed E-state index contributed by atoms with van der Waals surface area (Å²) < 4.78 is 15.8. The first-order valence-electron chi connectivity index (χ1n) is 5.03. The molecule has 0 spiro atoms. The van der Waals surface area contributed by atoms with Gasteiger partial charge in [-0.05, 0) is 24.5 Å². The minimum absolute atomic E-state index is 0.134. The van der Waals surface area contributed by atoms with Gasteiger partial charge in [0.05, 0.1) is 7.11 Å². The SMILES string of the molecule is COc1c(CCCO)cc2c(c1Cl)OCO2. The molecule has 0 aliphatic carbocycles. The van der Waals surface area contributed by atoms with Crippen molar-refractivity contribution in [2.75, 3.05) is 20.5 Å². The standard InChI is InChI=1S/C11H13ClO4/c1-14-10-7(3-2-4-13)5-8-11(9(10)12)16-6-15-8/h5,13H,2-4,6H2,1H3. The molecule has 5 heteroatoms. The van der Waals surface area contributed by atoms with E-state index in [1.807, 2.05) is 6.07 Å². The highest BCUT2D eigenvalue weighted by Crippen LogP contribution is 2.46. The number of rotatable bonds is 4. The van der Waals surface area contributed by atoms with Crippen LogP contribution in [0.5, 0.6) is 17.2 Å². The van der Waals surface area contributed by atoms with Crippen molar-refractivity contribution in [3.05, 3.63) is 16.7 Å². The van der Waals surface area contributed by atoms with Crippen molar-refractivity contribution in [3.8, 4) is 17.2 Å². The maximum atomic E-state index is 8.82. The molecule has 4 nitrogen and oxygen atoms in total. The molecule has 0 saturated carbocycles. The first-order chi connectivity index (χ1) is 7.77. The Balaban J connectivity index is 2.39. The highest BCUT2D eigenvalue weighted by molar-refractivity contribution is 6.34. The molecule has 0 amide bonds. The lowest BCUT2D eigenvalue weighted by Gasteiger charge is -2.11. The van der Waals surface area contributed by atoms with Crippen molar-refractivity contribution < 1.29 is 19.3 Å². The van der Waals surface area contributed by atoms with Crippen LogP contribution >= 0.6 is 11.6 Å². The normalized spacial score (nSPS) is 12.9. The van der Waals surface area contributed by atoms with Crippen LogP contribution in [0, 0.1) is 0 Å². The van der Waals surface area contributed by atoms with Crippen molar-refractivity contribution in [3.63, 3.8) is 0 Å². The van der Waals surface area contributed by atoms with E-state index in [0.717, 1.165) is 5.56 Å². The van der Waals surface area contributed by atoms with Crippen LogP contribution in [0.3, 0.4) is 0 Å². The molecule has 88 valence electrons. The largest absolute Gasteiger partial charge is 0.495 e. The van der Waals surface area contributed by atoms with Gasteiger partial charge in [-0.2, -0.15) is 0 Å². The van der Waals surface area contributed by atoms with Crippen LogP contribution in [0.1, 0.15) is 12.0 Å². The lowest BCUT2D eigenvalue weighted by atomic mass is 10.1. The zero-order valence-electron chi connectivity index (χ0n) is 8.96. The van der Waals surface area contributed by atoms with Crippen molar-refractivity contribution in [1.82, 2.24) is 0 Å². The van der Waals surface area contributed by atoms with Crippen LogP contribution in [0.4, 0.5) is 0 Å². The summed E-state index contributed by atoms with van der Waals surface area (Å²) in [5, 5.41) is 9.26. The maximum absolute atomic E-state index is 8.82. The Morgan fingerprint density at radius 2 is 2.31 bits per heavy atom. The van der Waals surface area contributed by atoms with E-state index in [9.17, 15) is 0 Å². The number of hydrogen-bond donors (Lipinski definition) is 1. The maximum Gasteiger partial charge on any atom is 0.231 e. The van der Waals surface area contributed by atoms with Crippen LogP contribution in [-0.2, 0) is 6.42 Å². The number of aryl methyl sites for hydroxylation is 1. The second-order valence-corrected chi connectivity index (χ2v) is 3.82. The van der Waals surface area contributed by atoms with E-state index in [1.54, 1.807) is 7.11 Å². The number of benzene rings is 1. The van der Waals surface area contributed by atoms with Gasteiger partial charge in [0.15, 0.2) is 11.5 Å². The fourth-order valence-corrected chi connectivity index (χ4v) is 2.06. The van der Waals surface area contributed by atoms with Gasteiger partial charge in [0.25, 0.3) is 0 Å². The van der Waals surface area contributed by atoms with Crippen LogP contribution in [0.25, 0.3) is 0 Å². The summed E-state index contributed by atoms with van der Waals surface area (Å²) in [6.07, 6.45) is 1.35. The van der Waals surface area contributed by atoms with Gasteiger partial charge in [0.1, 0.15) is 10.8 Å². The van der Waals surface area contributed by atoms with Crippen LogP contribution in [-0.4, -0.2) is 25.6 Å². The zero-order valence-corrected chi connectivity index (χ0v) is 9.71. The predicted octanol–water partition coefficient (Wildman–Crippen LogP) is 2.00. The van der Waals surface area contributed by atoms with Gasteiger partial charge in [-0.3, -0.25) is 0 Å². The van der Waals surface area contributed by atoms with Gasteiger partial charge >= 0.3 is 0 Å². The summed E-state index contributed by atoms with van der Waals surface area (Å²) in [5.41, 5.74) is 0.922. The summed E-state index contributed by atoms with van der Waals surface area (Å²) in [5.74, 6) is 1.77. The van der Waals surface area contributed by atoms with E-state index >= 15 is 0 Å². The number of methoxy groups -OCH3 is 1. The summed E-state index contributed by atoms with van der Waals surface area (Å²) in [7, 11) is 1.56. The smallest absolute Gasteiger partial charge is 0.231 e. The summed E-state index contributed by atoms with van der Waals surface area (Å²) in [6.45, 7) is 0.316. The van der Waals surface area contributed by atoms with Crippen molar-refractivity contribution in [1.29, 1.82) is 0 Å². The highest BCUT2D eigenvalue weighted by atomic mass is 35.5. The fourth-order valence-electron chi connectivity index (χ4n) is 1.71. The molecule has 0 unspecified atom stereocenters. The van der Waals surface area contributed by atoms with Crippen molar-refractivity contribution in [2.45, 2.75) is 12.8 Å². The Morgan fingerprint density at radius 1 is 1.50 bits per heavy atom. The number of aliphatic hydroxyl groups is 1. The molecule has 1 N–H and O–H groups in total. The Hall–Kier alpha value is -1.13. The lowest BCUT2D eigenvalue weighted by Crippen LogP contribution is -1.96. The monoisotopic (exact) mass is 244 g/mol. The van der Waals surface area contributed by atoms with E-state index in [2.05, 4.69) is 0 Å². The first kappa shape index (κ1) is 11.4. The summed E-state index contributed by atoms with van der Waals surface area (Å²) in [4.78, 5) is 0. The molecule has 0 radical (unpaired) electrons.